The number of urea groups is 1. The molecule has 0 aliphatic rings. The number of benzene rings is 1. The average molecular weight is 258 g/mol. The molecule has 0 bridgehead atoms. The maximum absolute atomic E-state index is 11.6. The van der Waals surface area contributed by atoms with Crippen LogP contribution in [-0.2, 0) is 0 Å². The summed E-state index contributed by atoms with van der Waals surface area (Å²) >= 11 is 0. The molecular formula is C12H10N4O3. The van der Waals surface area contributed by atoms with Gasteiger partial charge in [0.15, 0.2) is 0 Å². The van der Waals surface area contributed by atoms with Crippen LogP contribution in [-0.4, -0.2) is 15.9 Å². The van der Waals surface area contributed by atoms with Gasteiger partial charge in [-0.2, -0.15) is 0 Å². The number of non-ortho nitro benzene ring substituents is 1. The Hall–Kier alpha value is -2.96. The van der Waals surface area contributed by atoms with Gasteiger partial charge >= 0.3 is 6.03 Å². The fourth-order valence-corrected chi connectivity index (χ4v) is 1.40. The Labute approximate surface area is 108 Å². The highest BCUT2D eigenvalue weighted by Crippen LogP contribution is 2.15. The first-order valence-electron chi connectivity index (χ1n) is 5.37. The minimum absolute atomic E-state index is 0.0277. The smallest absolute Gasteiger partial charge is 0.308 e. The van der Waals surface area contributed by atoms with Crippen LogP contribution < -0.4 is 10.6 Å². The molecule has 0 aliphatic carbocycles. The highest BCUT2D eigenvalue weighted by molar-refractivity contribution is 5.99. The van der Waals surface area contributed by atoms with Gasteiger partial charge in [-0.05, 0) is 24.3 Å². The second kappa shape index (κ2) is 5.58. The van der Waals surface area contributed by atoms with Gasteiger partial charge in [0, 0.05) is 35.9 Å². The summed E-state index contributed by atoms with van der Waals surface area (Å²) in [6, 6.07) is 8.43. The molecule has 0 radical (unpaired) electrons. The zero-order valence-corrected chi connectivity index (χ0v) is 9.74. The molecule has 19 heavy (non-hydrogen) atoms. The van der Waals surface area contributed by atoms with Crippen molar-refractivity contribution in [3.8, 4) is 0 Å². The zero-order chi connectivity index (χ0) is 13.7. The van der Waals surface area contributed by atoms with Gasteiger partial charge in [0.1, 0.15) is 0 Å². The van der Waals surface area contributed by atoms with Crippen molar-refractivity contribution in [1.29, 1.82) is 0 Å². The highest BCUT2D eigenvalue weighted by atomic mass is 16.6. The van der Waals surface area contributed by atoms with Gasteiger partial charge in [0.2, 0.25) is 0 Å². The first kappa shape index (κ1) is 12.5. The standard InChI is InChI=1S/C12H10N4O3/c17-12(15-10-5-7-13-8-6-10)14-9-1-3-11(4-2-9)16(18)19/h1-8H,(H2,13,14,15,17). The molecule has 2 N–H and O–H groups in total. The number of nitro benzene ring substituents is 1. The van der Waals surface area contributed by atoms with Crippen LogP contribution in [0.15, 0.2) is 48.8 Å². The van der Waals surface area contributed by atoms with Crippen LogP contribution in [0, 0.1) is 10.1 Å². The molecule has 2 aromatic rings. The van der Waals surface area contributed by atoms with Crippen molar-refractivity contribution in [3.05, 3.63) is 58.9 Å². The van der Waals surface area contributed by atoms with Gasteiger partial charge in [-0.25, -0.2) is 4.79 Å². The summed E-state index contributed by atoms with van der Waals surface area (Å²) in [7, 11) is 0. The van der Waals surface area contributed by atoms with E-state index in [9.17, 15) is 14.9 Å². The van der Waals surface area contributed by atoms with Crippen LogP contribution in [0.25, 0.3) is 0 Å². The predicted molar refractivity (Wildman–Crippen MR) is 70.0 cm³/mol. The molecule has 0 fully saturated rings. The molecule has 0 aliphatic heterocycles. The minimum atomic E-state index is -0.499. The summed E-state index contributed by atoms with van der Waals surface area (Å²) < 4.78 is 0. The molecule has 1 aromatic heterocycles. The van der Waals surface area contributed by atoms with E-state index < -0.39 is 11.0 Å². The van der Waals surface area contributed by atoms with Crippen LogP contribution in [0.2, 0.25) is 0 Å². The topological polar surface area (TPSA) is 97.2 Å². The number of hydrogen-bond acceptors (Lipinski definition) is 4. The van der Waals surface area contributed by atoms with Crippen LogP contribution in [0.5, 0.6) is 0 Å². The van der Waals surface area contributed by atoms with Crippen molar-refractivity contribution in [1.82, 2.24) is 4.98 Å². The lowest BCUT2D eigenvalue weighted by Gasteiger charge is -2.06. The number of carbonyl (C=O) groups excluding carboxylic acids is 1. The van der Waals surface area contributed by atoms with Gasteiger partial charge in [0.25, 0.3) is 5.69 Å². The lowest BCUT2D eigenvalue weighted by Crippen LogP contribution is -2.19. The van der Waals surface area contributed by atoms with Crippen molar-refractivity contribution in [2.45, 2.75) is 0 Å². The molecular weight excluding hydrogens is 248 g/mol. The third-order valence-corrected chi connectivity index (χ3v) is 2.27. The average Bonchev–Trinajstić information content (AvgIpc) is 2.40. The Bertz CT molecular complexity index is 584. The summed E-state index contributed by atoms with van der Waals surface area (Å²) in [5, 5.41) is 15.6. The first-order valence-corrected chi connectivity index (χ1v) is 5.37. The number of rotatable bonds is 3. The van der Waals surface area contributed by atoms with Gasteiger partial charge in [-0.15, -0.1) is 0 Å². The fourth-order valence-electron chi connectivity index (χ4n) is 1.40. The molecule has 1 aromatic carbocycles. The lowest BCUT2D eigenvalue weighted by atomic mass is 10.3. The normalized spacial score (nSPS) is 9.68. The quantitative estimate of drug-likeness (QED) is 0.653. The fraction of sp³-hybridized carbons (Fsp3) is 0. The molecule has 0 unspecified atom stereocenters. The van der Waals surface area contributed by atoms with E-state index in [1.807, 2.05) is 0 Å². The van der Waals surface area contributed by atoms with Crippen LogP contribution in [0.4, 0.5) is 21.9 Å². The van der Waals surface area contributed by atoms with Crippen LogP contribution >= 0.6 is 0 Å². The van der Waals surface area contributed by atoms with Gasteiger partial charge in [-0.1, -0.05) is 0 Å². The molecule has 0 saturated heterocycles. The van der Waals surface area contributed by atoms with E-state index in [0.29, 0.717) is 11.4 Å². The number of carbonyl (C=O) groups is 1. The number of nitrogens with zero attached hydrogens (tertiary/aromatic N) is 2. The molecule has 0 spiro atoms. The number of pyridine rings is 1. The van der Waals surface area contributed by atoms with Gasteiger partial charge in [0.05, 0.1) is 4.92 Å². The summed E-state index contributed by atoms with van der Waals surface area (Å²) in [6.07, 6.45) is 3.11. The molecule has 0 saturated carbocycles. The molecule has 0 atom stereocenters. The molecule has 7 nitrogen and oxygen atoms in total. The molecule has 1 heterocycles. The third kappa shape index (κ3) is 3.50. The molecule has 7 heteroatoms. The summed E-state index contributed by atoms with van der Waals surface area (Å²) in [5.74, 6) is 0. The largest absolute Gasteiger partial charge is 0.323 e. The summed E-state index contributed by atoms with van der Waals surface area (Å²) in [6.45, 7) is 0. The zero-order valence-electron chi connectivity index (χ0n) is 9.74. The Balaban J connectivity index is 1.97. The molecule has 96 valence electrons. The number of anilines is 2. The highest BCUT2D eigenvalue weighted by Gasteiger charge is 2.06. The predicted octanol–water partition coefficient (Wildman–Crippen LogP) is 2.63. The molecule has 2 rings (SSSR count). The van der Waals surface area contributed by atoms with E-state index >= 15 is 0 Å². The van der Waals surface area contributed by atoms with E-state index in [1.165, 1.54) is 24.3 Å². The number of hydrogen-bond donors (Lipinski definition) is 2. The maximum atomic E-state index is 11.6. The lowest BCUT2D eigenvalue weighted by molar-refractivity contribution is -0.384. The van der Waals surface area contributed by atoms with Gasteiger partial charge < -0.3 is 10.6 Å². The van der Waals surface area contributed by atoms with E-state index in [2.05, 4.69) is 15.6 Å². The van der Waals surface area contributed by atoms with E-state index in [0.717, 1.165) is 0 Å². The van der Waals surface area contributed by atoms with E-state index in [1.54, 1.807) is 24.5 Å². The summed E-state index contributed by atoms with van der Waals surface area (Å²) in [4.78, 5) is 25.4. The number of aromatic nitrogens is 1. The Kier molecular flexibility index (Phi) is 3.67. The third-order valence-electron chi connectivity index (χ3n) is 2.27. The van der Waals surface area contributed by atoms with E-state index in [-0.39, 0.29) is 5.69 Å². The first-order chi connectivity index (χ1) is 9.15. The molecule has 2 amide bonds. The van der Waals surface area contributed by atoms with Crippen molar-refractivity contribution in [2.24, 2.45) is 0 Å². The van der Waals surface area contributed by atoms with Crippen molar-refractivity contribution in [3.63, 3.8) is 0 Å². The number of nitro groups is 1. The van der Waals surface area contributed by atoms with Gasteiger partial charge in [-0.3, -0.25) is 15.1 Å². The van der Waals surface area contributed by atoms with Crippen LogP contribution in [0.1, 0.15) is 0 Å². The SMILES string of the molecule is O=C(Nc1ccncc1)Nc1ccc([N+](=O)[O-])cc1. The number of nitrogens with one attached hydrogen (secondary N) is 2. The van der Waals surface area contributed by atoms with Crippen LogP contribution in [0.3, 0.4) is 0 Å². The monoisotopic (exact) mass is 258 g/mol. The Morgan fingerprint density at radius 3 is 2.05 bits per heavy atom. The minimum Gasteiger partial charge on any atom is -0.308 e. The Morgan fingerprint density at radius 2 is 1.53 bits per heavy atom. The summed E-state index contributed by atoms with van der Waals surface area (Å²) in [5.41, 5.74) is 1.05. The van der Waals surface area contributed by atoms with Crippen molar-refractivity contribution >= 4 is 23.1 Å². The van der Waals surface area contributed by atoms with E-state index in [4.69, 9.17) is 0 Å². The van der Waals surface area contributed by atoms with Crippen molar-refractivity contribution < 1.29 is 9.72 Å². The second-order valence-corrected chi connectivity index (χ2v) is 3.62. The Morgan fingerprint density at radius 1 is 1.00 bits per heavy atom. The maximum Gasteiger partial charge on any atom is 0.323 e. The van der Waals surface area contributed by atoms with Crippen molar-refractivity contribution in [2.75, 3.05) is 10.6 Å². The number of amides is 2. The second-order valence-electron chi connectivity index (χ2n) is 3.62.